The minimum atomic E-state index is -0.181. The number of carbonyl (C=O) groups is 1. The fourth-order valence-corrected chi connectivity index (χ4v) is 3.52. The van der Waals surface area contributed by atoms with E-state index in [2.05, 4.69) is 10.4 Å². The SMILES string of the molecule is CCOc1ccc(NC(=O)c2cc(-c3cnn(CC)c3C)nc3ccccc23)cc1. The number of anilines is 1. The summed E-state index contributed by atoms with van der Waals surface area (Å²) in [5, 5.41) is 8.22. The molecule has 0 atom stereocenters. The van der Waals surface area contributed by atoms with Gasteiger partial charge in [-0.2, -0.15) is 5.10 Å². The molecular weight excluding hydrogens is 376 g/mol. The number of pyridine rings is 1. The van der Waals surface area contributed by atoms with Crippen LogP contribution in [0.4, 0.5) is 5.69 Å². The highest BCUT2D eigenvalue weighted by Crippen LogP contribution is 2.28. The second kappa shape index (κ2) is 8.37. The Bertz CT molecular complexity index is 1200. The maximum Gasteiger partial charge on any atom is 0.256 e. The summed E-state index contributed by atoms with van der Waals surface area (Å²) in [6, 6.07) is 16.9. The molecule has 0 spiro atoms. The Balaban J connectivity index is 1.73. The molecule has 2 heterocycles. The zero-order valence-electron chi connectivity index (χ0n) is 17.3. The number of nitrogens with one attached hydrogen (secondary N) is 1. The molecule has 0 unspecified atom stereocenters. The van der Waals surface area contributed by atoms with Gasteiger partial charge in [0, 0.05) is 28.9 Å². The first-order valence-corrected chi connectivity index (χ1v) is 10.1. The van der Waals surface area contributed by atoms with Crippen molar-refractivity contribution in [1.82, 2.24) is 14.8 Å². The van der Waals surface area contributed by atoms with Gasteiger partial charge in [0.1, 0.15) is 5.75 Å². The van der Waals surface area contributed by atoms with Gasteiger partial charge in [0.25, 0.3) is 5.91 Å². The summed E-state index contributed by atoms with van der Waals surface area (Å²) in [5.41, 5.74) is 4.75. The van der Waals surface area contributed by atoms with Gasteiger partial charge in [-0.15, -0.1) is 0 Å². The summed E-state index contributed by atoms with van der Waals surface area (Å²) in [4.78, 5) is 18.0. The molecule has 4 rings (SSSR count). The highest BCUT2D eigenvalue weighted by molar-refractivity contribution is 6.13. The molecule has 0 fully saturated rings. The van der Waals surface area contributed by atoms with Gasteiger partial charge in [0.2, 0.25) is 0 Å². The molecule has 0 bridgehead atoms. The first kappa shape index (κ1) is 19.6. The third-order valence-corrected chi connectivity index (χ3v) is 5.06. The maximum absolute atomic E-state index is 13.2. The first-order chi connectivity index (χ1) is 14.6. The topological polar surface area (TPSA) is 69.0 Å². The summed E-state index contributed by atoms with van der Waals surface area (Å²) < 4.78 is 7.39. The van der Waals surface area contributed by atoms with Gasteiger partial charge in [-0.3, -0.25) is 9.48 Å². The van der Waals surface area contributed by atoms with Crippen molar-refractivity contribution in [1.29, 1.82) is 0 Å². The van der Waals surface area contributed by atoms with Gasteiger partial charge in [0.15, 0.2) is 0 Å². The minimum Gasteiger partial charge on any atom is -0.494 e. The number of rotatable bonds is 6. The molecule has 0 aliphatic carbocycles. The molecule has 0 saturated heterocycles. The Labute approximate surface area is 175 Å². The van der Waals surface area contributed by atoms with Crippen LogP contribution in [0.1, 0.15) is 29.9 Å². The summed E-state index contributed by atoms with van der Waals surface area (Å²) >= 11 is 0. The average molecular weight is 400 g/mol. The molecule has 2 aromatic heterocycles. The molecule has 6 nitrogen and oxygen atoms in total. The number of hydrogen-bond acceptors (Lipinski definition) is 4. The number of fused-ring (bicyclic) bond motifs is 1. The van der Waals surface area contributed by atoms with E-state index in [0.717, 1.165) is 40.1 Å². The van der Waals surface area contributed by atoms with E-state index in [9.17, 15) is 4.79 Å². The van der Waals surface area contributed by atoms with Crippen LogP contribution in [0, 0.1) is 6.92 Å². The lowest BCUT2D eigenvalue weighted by Crippen LogP contribution is -2.13. The number of carbonyl (C=O) groups excluding carboxylic acids is 1. The lowest BCUT2D eigenvalue weighted by molar-refractivity contribution is 0.102. The predicted octanol–water partition coefficient (Wildman–Crippen LogP) is 5.08. The molecule has 0 aliphatic heterocycles. The number of aryl methyl sites for hydroxylation is 1. The van der Waals surface area contributed by atoms with E-state index >= 15 is 0 Å². The molecular formula is C24H24N4O2. The number of hydrogen-bond donors (Lipinski definition) is 1. The second-order valence-corrected chi connectivity index (χ2v) is 6.94. The zero-order valence-corrected chi connectivity index (χ0v) is 17.3. The van der Waals surface area contributed by atoms with Crippen molar-refractivity contribution in [2.75, 3.05) is 11.9 Å². The van der Waals surface area contributed by atoms with Crippen molar-refractivity contribution < 1.29 is 9.53 Å². The molecule has 1 N–H and O–H groups in total. The maximum atomic E-state index is 13.2. The number of para-hydroxylation sites is 1. The van der Waals surface area contributed by atoms with E-state index in [0.29, 0.717) is 17.9 Å². The first-order valence-electron chi connectivity index (χ1n) is 10.1. The monoisotopic (exact) mass is 400 g/mol. The number of benzene rings is 2. The van der Waals surface area contributed by atoms with E-state index in [-0.39, 0.29) is 5.91 Å². The van der Waals surface area contributed by atoms with E-state index in [1.807, 2.05) is 86.2 Å². The van der Waals surface area contributed by atoms with Crippen LogP contribution in [-0.4, -0.2) is 27.3 Å². The zero-order chi connectivity index (χ0) is 21.1. The van der Waals surface area contributed by atoms with E-state index in [1.54, 1.807) is 0 Å². The summed E-state index contributed by atoms with van der Waals surface area (Å²) in [6.07, 6.45) is 1.81. The van der Waals surface area contributed by atoms with E-state index < -0.39 is 0 Å². The third-order valence-electron chi connectivity index (χ3n) is 5.06. The van der Waals surface area contributed by atoms with Gasteiger partial charge >= 0.3 is 0 Å². The Hall–Kier alpha value is -3.67. The molecule has 4 aromatic rings. The molecule has 2 aromatic carbocycles. The van der Waals surface area contributed by atoms with Gasteiger partial charge < -0.3 is 10.1 Å². The van der Waals surface area contributed by atoms with Gasteiger partial charge in [-0.25, -0.2) is 4.98 Å². The fraction of sp³-hybridized carbons (Fsp3) is 0.208. The Morgan fingerprint density at radius 1 is 1.10 bits per heavy atom. The number of ether oxygens (including phenoxy) is 1. The van der Waals surface area contributed by atoms with Crippen LogP contribution in [0.3, 0.4) is 0 Å². The number of nitrogens with zero attached hydrogens (tertiary/aromatic N) is 3. The van der Waals surface area contributed by atoms with Crippen LogP contribution in [0.5, 0.6) is 5.75 Å². The number of aromatic nitrogens is 3. The highest BCUT2D eigenvalue weighted by Gasteiger charge is 2.17. The van der Waals surface area contributed by atoms with Crippen LogP contribution in [0.25, 0.3) is 22.2 Å². The molecule has 6 heteroatoms. The predicted molar refractivity (Wildman–Crippen MR) is 119 cm³/mol. The van der Waals surface area contributed by atoms with Crippen LogP contribution in [0.2, 0.25) is 0 Å². The molecule has 1 amide bonds. The number of amides is 1. The van der Waals surface area contributed by atoms with Crippen LogP contribution < -0.4 is 10.1 Å². The van der Waals surface area contributed by atoms with Crippen molar-refractivity contribution in [3.05, 3.63) is 72.1 Å². The largest absolute Gasteiger partial charge is 0.494 e. The molecule has 0 saturated carbocycles. The van der Waals surface area contributed by atoms with Gasteiger partial charge in [-0.05, 0) is 57.2 Å². The fourth-order valence-electron chi connectivity index (χ4n) is 3.52. The summed E-state index contributed by atoms with van der Waals surface area (Å²) in [6.45, 7) is 7.39. The molecule has 0 aliphatic rings. The Morgan fingerprint density at radius 2 is 1.87 bits per heavy atom. The lowest BCUT2D eigenvalue weighted by Gasteiger charge is -2.11. The van der Waals surface area contributed by atoms with Gasteiger partial charge in [0.05, 0.1) is 29.6 Å². The van der Waals surface area contributed by atoms with Crippen molar-refractivity contribution in [2.24, 2.45) is 0 Å². The van der Waals surface area contributed by atoms with E-state index in [4.69, 9.17) is 9.72 Å². The standard InChI is InChI=1S/C24H24N4O2/c1-4-28-16(3)21(15-25-28)23-14-20(19-8-6-7-9-22(19)27-23)24(29)26-17-10-12-18(13-11-17)30-5-2/h6-15H,4-5H2,1-3H3,(H,26,29). The van der Waals surface area contributed by atoms with Gasteiger partial charge in [-0.1, -0.05) is 18.2 Å². The second-order valence-electron chi connectivity index (χ2n) is 6.94. The average Bonchev–Trinajstić information content (AvgIpc) is 3.15. The molecule has 152 valence electrons. The molecule has 0 radical (unpaired) electrons. The Kier molecular flexibility index (Phi) is 5.48. The summed E-state index contributed by atoms with van der Waals surface area (Å²) in [7, 11) is 0. The normalized spacial score (nSPS) is 10.9. The van der Waals surface area contributed by atoms with Crippen LogP contribution >= 0.6 is 0 Å². The van der Waals surface area contributed by atoms with Crippen molar-refractivity contribution in [3.63, 3.8) is 0 Å². The molecule has 30 heavy (non-hydrogen) atoms. The van der Waals surface area contributed by atoms with E-state index in [1.165, 1.54) is 0 Å². The lowest BCUT2D eigenvalue weighted by atomic mass is 10.0. The van der Waals surface area contributed by atoms with Crippen molar-refractivity contribution >= 4 is 22.5 Å². The third kappa shape index (κ3) is 3.76. The van der Waals surface area contributed by atoms with Crippen LogP contribution in [0.15, 0.2) is 60.8 Å². The van der Waals surface area contributed by atoms with Crippen molar-refractivity contribution in [3.8, 4) is 17.0 Å². The van der Waals surface area contributed by atoms with Crippen LogP contribution in [-0.2, 0) is 6.54 Å². The minimum absolute atomic E-state index is 0.181. The smallest absolute Gasteiger partial charge is 0.256 e. The summed E-state index contributed by atoms with van der Waals surface area (Å²) in [5.74, 6) is 0.593. The Morgan fingerprint density at radius 3 is 2.57 bits per heavy atom. The highest BCUT2D eigenvalue weighted by atomic mass is 16.5. The van der Waals surface area contributed by atoms with Crippen molar-refractivity contribution in [2.45, 2.75) is 27.3 Å². The quantitative estimate of drug-likeness (QED) is 0.490.